The maximum atomic E-state index is 12.7. The van der Waals surface area contributed by atoms with Crippen LogP contribution in [0.25, 0.3) is 6.08 Å². The Morgan fingerprint density at radius 2 is 1.79 bits per heavy atom. The lowest BCUT2D eigenvalue weighted by Gasteiger charge is -2.22. The number of hydrogen-bond donors (Lipinski definition) is 4. The SMILES string of the molecule is CC(C(=O)Nc1ccc(O)cc1)N1C(=O)/C(=C/c2ccc(O)cc2O)SC1=S. The number of benzene rings is 2. The van der Waals surface area contributed by atoms with Crippen molar-refractivity contribution in [1.82, 2.24) is 4.90 Å². The molecule has 3 rings (SSSR count). The number of rotatable bonds is 4. The van der Waals surface area contributed by atoms with E-state index in [1.54, 1.807) is 6.92 Å². The highest BCUT2D eigenvalue weighted by Crippen LogP contribution is 2.36. The summed E-state index contributed by atoms with van der Waals surface area (Å²) in [4.78, 5) is 26.7. The van der Waals surface area contributed by atoms with E-state index in [1.165, 1.54) is 53.4 Å². The van der Waals surface area contributed by atoms with Crippen LogP contribution in [0.15, 0.2) is 47.4 Å². The van der Waals surface area contributed by atoms with Crippen LogP contribution >= 0.6 is 24.0 Å². The minimum atomic E-state index is -0.861. The average Bonchev–Trinajstić information content (AvgIpc) is 2.92. The highest BCUT2D eigenvalue weighted by Gasteiger charge is 2.38. The first-order valence-electron chi connectivity index (χ1n) is 8.15. The molecule has 1 aliphatic heterocycles. The third-order valence-electron chi connectivity index (χ3n) is 4.03. The number of amides is 2. The molecule has 0 saturated carbocycles. The van der Waals surface area contributed by atoms with Gasteiger partial charge < -0.3 is 20.6 Å². The molecule has 0 bridgehead atoms. The molecular weight excluding hydrogens is 400 g/mol. The molecule has 1 aliphatic rings. The molecule has 9 heteroatoms. The number of thioether (sulfide) groups is 1. The zero-order chi connectivity index (χ0) is 20.4. The summed E-state index contributed by atoms with van der Waals surface area (Å²) in [5.41, 5.74) is 0.823. The zero-order valence-corrected chi connectivity index (χ0v) is 16.3. The fraction of sp³-hybridized carbons (Fsp3) is 0.105. The van der Waals surface area contributed by atoms with E-state index in [0.717, 1.165) is 11.8 Å². The largest absolute Gasteiger partial charge is 0.508 e. The molecule has 7 nitrogen and oxygen atoms in total. The van der Waals surface area contributed by atoms with Crippen LogP contribution in [0.3, 0.4) is 0 Å². The van der Waals surface area contributed by atoms with Gasteiger partial charge in [0.1, 0.15) is 27.6 Å². The average molecular weight is 416 g/mol. The topological polar surface area (TPSA) is 110 Å². The lowest BCUT2D eigenvalue weighted by Crippen LogP contribution is -2.44. The Bertz CT molecular complexity index is 988. The molecular formula is C19H16N2O5S2. The van der Waals surface area contributed by atoms with Crippen molar-refractivity contribution in [3.05, 3.63) is 52.9 Å². The Labute approximate surface area is 170 Å². The van der Waals surface area contributed by atoms with Crippen molar-refractivity contribution in [3.8, 4) is 17.2 Å². The number of thiocarbonyl (C=S) groups is 1. The molecule has 2 amide bonds. The van der Waals surface area contributed by atoms with Gasteiger partial charge in [-0.05, 0) is 49.4 Å². The number of phenols is 3. The lowest BCUT2D eigenvalue weighted by atomic mass is 10.1. The van der Waals surface area contributed by atoms with Gasteiger partial charge in [0.25, 0.3) is 5.91 Å². The van der Waals surface area contributed by atoms with Crippen LogP contribution in [-0.4, -0.2) is 42.4 Å². The fourth-order valence-electron chi connectivity index (χ4n) is 2.52. The number of anilines is 1. The van der Waals surface area contributed by atoms with Crippen LogP contribution < -0.4 is 5.32 Å². The second-order valence-electron chi connectivity index (χ2n) is 6.01. The second-order valence-corrected chi connectivity index (χ2v) is 7.68. The van der Waals surface area contributed by atoms with E-state index in [1.807, 2.05) is 0 Å². The van der Waals surface area contributed by atoms with Gasteiger partial charge in [0.15, 0.2) is 0 Å². The van der Waals surface area contributed by atoms with Gasteiger partial charge in [-0.3, -0.25) is 14.5 Å². The third kappa shape index (κ3) is 4.10. The summed E-state index contributed by atoms with van der Waals surface area (Å²) in [6.45, 7) is 1.56. The molecule has 0 radical (unpaired) electrons. The Balaban J connectivity index is 1.77. The molecule has 1 saturated heterocycles. The van der Waals surface area contributed by atoms with Crippen LogP contribution in [0.5, 0.6) is 17.2 Å². The van der Waals surface area contributed by atoms with Crippen molar-refractivity contribution in [2.75, 3.05) is 5.32 Å². The standard InChI is InChI=1S/C19H16N2O5S2/c1-10(17(25)20-12-3-6-13(22)7-4-12)21-18(26)16(28-19(21)27)8-11-2-5-14(23)9-15(11)24/h2-10,22-24H,1H3,(H,20,25)/b16-8-. The van der Waals surface area contributed by atoms with E-state index in [2.05, 4.69) is 5.32 Å². The van der Waals surface area contributed by atoms with Gasteiger partial charge in [0.2, 0.25) is 5.91 Å². The van der Waals surface area contributed by atoms with Gasteiger partial charge in [-0.2, -0.15) is 0 Å². The summed E-state index contributed by atoms with van der Waals surface area (Å²) in [7, 11) is 0. The number of aromatic hydroxyl groups is 3. The summed E-state index contributed by atoms with van der Waals surface area (Å²) < 4.78 is 0.225. The van der Waals surface area contributed by atoms with Crippen LogP contribution in [0.4, 0.5) is 5.69 Å². The van der Waals surface area contributed by atoms with E-state index in [-0.39, 0.29) is 26.5 Å². The number of nitrogens with zero attached hydrogens (tertiary/aromatic N) is 1. The predicted molar refractivity (Wildman–Crippen MR) is 111 cm³/mol. The number of nitrogens with one attached hydrogen (secondary N) is 1. The summed E-state index contributed by atoms with van der Waals surface area (Å²) in [6, 6.07) is 9.12. The molecule has 2 aromatic carbocycles. The molecule has 0 aromatic heterocycles. The molecule has 2 aromatic rings. The van der Waals surface area contributed by atoms with Crippen molar-refractivity contribution < 1.29 is 24.9 Å². The monoisotopic (exact) mass is 416 g/mol. The molecule has 0 spiro atoms. The number of phenolic OH excluding ortho intramolecular Hbond substituents is 3. The Hall–Kier alpha value is -3.04. The highest BCUT2D eigenvalue weighted by atomic mass is 32.2. The Morgan fingerprint density at radius 3 is 2.43 bits per heavy atom. The van der Waals surface area contributed by atoms with Crippen LogP contribution in [0.2, 0.25) is 0 Å². The summed E-state index contributed by atoms with van der Waals surface area (Å²) in [5.74, 6) is -1.08. The first-order valence-corrected chi connectivity index (χ1v) is 9.37. The molecule has 144 valence electrons. The minimum Gasteiger partial charge on any atom is -0.508 e. The van der Waals surface area contributed by atoms with Gasteiger partial charge in [-0.15, -0.1) is 0 Å². The molecule has 1 heterocycles. The van der Waals surface area contributed by atoms with E-state index >= 15 is 0 Å². The zero-order valence-electron chi connectivity index (χ0n) is 14.6. The van der Waals surface area contributed by atoms with Crippen LogP contribution in [0.1, 0.15) is 12.5 Å². The first-order chi connectivity index (χ1) is 13.3. The quantitative estimate of drug-likeness (QED) is 0.344. The van der Waals surface area contributed by atoms with E-state index in [0.29, 0.717) is 11.3 Å². The smallest absolute Gasteiger partial charge is 0.266 e. The van der Waals surface area contributed by atoms with Gasteiger partial charge in [0.05, 0.1) is 4.91 Å². The Morgan fingerprint density at radius 1 is 1.14 bits per heavy atom. The summed E-state index contributed by atoms with van der Waals surface area (Å²) in [6.07, 6.45) is 1.46. The van der Waals surface area contributed by atoms with E-state index in [9.17, 15) is 24.9 Å². The maximum Gasteiger partial charge on any atom is 0.266 e. The van der Waals surface area contributed by atoms with Crippen LogP contribution in [-0.2, 0) is 9.59 Å². The molecule has 1 atom stereocenters. The van der Waals surface area contributed by atoms with Crippen LogP contribution in [0, 0.1) is 0 Å². The molecule has 1 fully saturated rings. The van der Waals surface area contributed by atoms with Gasteiger partial charge in [-0.1, -0.05) is 24.0 Å². The molecule has 28 heavy (non-hydrogen) atoms. The molecule has 1 unspecified atom stereocenters. The van der Waals surface area contributed by atoms with Crippen molar-refractivity contribution in [2.45, 2.75) is 13.0 Å². The van der Waals surface area contributed by atoms with Gasteiger partial charge in [0, 0.05) is 17.3 Å². The summed E-state index contributed by atoms with van der Waals surface area (Å²) >= 11 is 6.28. The second kappa shape index (κ2) is 7.91. The highest BCUT2D eigenvalue weighted by molar-refractivity contribution is 8.26. The normalized spacial score (nSPS) is 16.5. The van der Waals surface area contributed by atoms with E-state index < -0.39 is 17.9 Å². The van der Waals surface area contributed by atoms with E-state index in [4.69, 9.17) is 12.2 Å². The molecule has 4 N–H and O–H groups in total. The number of carbonyl (C=O) groups excluding carboxylic acids is 2. The predicted octanol–water partition coefficient (Wildman–Crippen LogP) is 3.03. The van der Waals surface area contributed by atoms with Crippen molar-refractivity contribution in [1.29, 1.82) is 0 Å². The maximum absolute atomic E-state index is 12.7. The number of hydrogen-bond acceptors (Lipinski definition) is 7. The van der Waals surface area contributed by atoms with Crippen molar-refractivity contribution in [2.24, 2.45) is 0 Å². The minimum absolute atomic E-state index is 0.0746. The third-order valence-corrected chi connectivity index (χ3v) is 5.36. The fourth-order valence-corrected chi connectivity index (χ4v) is 3.93. The van der Waals surface area contributed by atoms with Gasteiger partial charge >= 0.3 is 0 Å². The first kappa shape index (κ1) is 19.7. The Kier molecular flexibility index (Phi) is 5.57. The molecule has 0 aliphatic carbocycles. The van der Waals surface area contributed by atoms with Crippen molar-refractivity contribution >= 4 is 51.9 Å². The number of carbonyl (C=O) groups is 2. The van der Waals surface area contributed by atoms with Crippen molar-refractivity contribution in [3.63, 3.8) is 0 Å². The van der Waals surface area contributed by atoms with Gasteiger partial charge in [-0.25, -0.2) is 0 Å². The summed E-state index contributed by atoms with van der Waals surface area (Å²) in [5, 5.41) is 31.2. The lowest BCUT2D eigenvalue weighted by molar-refractivity contribution is -0.129.